The molecular formula is C16H13Cl2NO2. The summed E-state index contributed by atoms with van der Waals surface area (Å²) in [7, 11) is 0. The lowest BCUT2D eigenvalue weighted by atomic mass is 9.92. The van der Waals surface area contributed by atoms with Gasteiger partial charge in [0.15, 0.2) is 0 Å². The molecule has 0 fully saturated rings. The minimum Gasteiger partial charge on any atom is -0.493 e. The van der Waals surface area contributed by atoms with Crippen molar-refractivity contribution in [2.75, 3.05) is 11.9 Å². The fraction of sp³-hybridized carbons (Fsp3) is 0.188. The topological polar surface area (TPSA) is 38.3 Å². The number of anilines is 1. The molecule has 1 aliphatic heterocycles. The van der Waals surface area contributed by atoms with Gasteiger partial charge >= 0.3 is 0 Å². The van der Waals surface area contributed by atoms with E-state index in [1.165, 1.54) is 0 Å². The molecule has 0 bridgehead atoms. The molecule has 5 heteroatoms. The molecule has 1 heterocycles. The molecule has 1 amide bonds. The van der Waals surface area contributed by atoms with Gasteiger partial charge in [-0.3, -0.25) is 4.79 Å². The second kappa shape index (κ2) is 5.96. The van der Waals surface area contributed by atoms with E-state index in [1.807, 2.05) is 24.3 Å². The summed E-state index contributed by atoms with van der Waals surface area (Å²) < 4.78 is 5.57. The lowest BCUT2D eigenvalue weighted by Crippen LogP contribution is -2.26. The number of para-hydroxylation sites is 1. The predicted molar refractivity (Wildman–Crippen MR) is 84.4 cm³/mol. The van der Waals surface area contributed by atoms with Gasteiger partial charge < -0.3 is 10.1 Å². The number of fused-ring (bicyclic) bond motifs is 1. The number of rotatable bonds is 2. The molecule has 2 aromatic rings. The van der Waals surface area contributed by atoms with Crippen LogP contribution in [0.25, 0.3) is 0 Å². The number of hydrogen-bond acceptors (Lipinski definition) is 2. The van der Waals surface area contributed by atoms with Crippen LogP contribution in [0.5, 0.6) is 5.75 Å². The molecule has 0 radical (unpaired) electrons. The molecule has 3 rings (SSSR count). The highest BCUT2D eigenvalue weighted by Gasteiger charge is 2.27. The van der Waals surface area contributed by atoms with Crippen LogP contribution in [0.1, 0.15) is 17.9 Å². The van der Waals surface area contributed by atoms with Crippen LogP contribution in [-0.2, 0) is 4.79 Å². The van der Waals surface area contributed by atoms with Gasteiger partial charge in [-0.1, -0.05) is 41.4 Å². The predicted octanol–water partition coefficient (Wildman–Crippen LogP) is 4.50. The minimum absolute atomic E-state index is 0.102. The number of hydrogen-bond donors (Lipinski definition) is 1. The summed E-state index contributed by atoms with van der Waals surface area (Å²) in [5.41, 5.74) is 1.43. The largest absolute Gasteiger partial charge is 0.493 e. The maximum absolute atomic E-state index is 12.5. The summed E-state index contributed by atoms with van der Waals surface area (Å²) in [5.74, 6) is 0.418. The van der Waals surface area contributed by atoms with Crippen LogP contribution >= 0.6 is 23.2 Å². The van der Waals surface area contributed by atoms with Crippen molar-refractivity contribution in [1.29, 1.82) is 0 Å². The number of carbonyl (C=O) groups is 1. The number of amides is 1. The third kappa shape index (κ3) is 2.99. The second-order valence-electron chi connectivity index (χ2n) is 4.84. The van der Waals surface area contributed by atoms with Crippen molar-refractivity contribution in [3.8, 4) is 5.75 Å². The van der Waals surface area contributed by atoms with Crippen LogP contribution in [0, 0.1) is 0 Å². The summed E-state index contributed by atoms with van der Waals surface area (Å²) in [6.45, 7) is 0.526. The lowest BCUT2D eigenvalue weighted by molar-refractivity contribution is -0.118. The summed E-state index contributed by atoms with van der Waals surface area (Å²) in [6.07, 6.45) is 0.640. The number of ether oxygens (including phenoxy) is 1. The highest BCUT2D eigenvalue weighted by Crippen LogP contribution is 2.35. The Kier molecular flexibility index (Phi) is 4.04. The third-order valence-corrected chi connectivity index (χ3v) is 4.03. The molecule has 1 N–H and O–H groups in total. The number of benzene rings is 2. The van der Waals surface area contributed by atoms with E-state index in [2.05, 4.69) is 5.32 Å². The van der Waals surface area contributed by atoms with Gasteiger partial charge in [-0.05, 0) is 30.7 Å². The van der Waals surface area contributed by atoms with E-state index in [0.29, 0.717) is 28.8 Å². The lowest BCUT2D eigenvalue weighted by Gasteiger charge is -2.25. The Morgan fingerprint density at radius 2 is 2.00 bits per heavy atom. The fourth-order valence-corrected chi connectivity index (χ4v) is 2.76. The van der Waals surface area contributed by atoms with E-state index < -0.39 is 0 Å². The van der Waals surface area contributed by atoms with Crippen molar-refractivity contribution in [2.24, 2.45) is 0 Å². The summed E-state index contributed by atoms with van der Waals surface area (Å²) in [6, 6.07) is 12.6. The van der Waals surface area contributed by atoms with Crippen molar-refractivity contribution in [3.63, 3.8) is 0 Å². The van der Waals surface area contributed by atoms with Crippen LogP contribution in [0.15, 0.2) is 42.5 Å². The Bertz CT molecular complexity index is 688. The molecule has 0 saturated heterocycles. The van der Waals surface area contributed by atoms with Crippen molar-refractivity contribution in [1.82, 2.24) is 0 Å². The summed E-state index contributed by atoms with van der Waals surface area (Å²) in [4.78, 5) is 12.5. The van der Waals surface area contributed by atoms with E-state index in [-0.39, 0.29) is 11.8 Å². The Balaban J connectivity index is 1.85. The maximum Gasteiger partial charge on any atom is 0.232 e. The van der Waals surface area contributed by atoms with Crippen molar-refractivity contribution >= 4 is 34.8 Å². The Morgan fingerprint density at radius 1 is 1.19 bits per heavy atom. The third-order valence-electron chi connectivity index (χ3n) is 3.46. The van der Waals surface area contributed by atoms with Crippen LogP contribution in [0.2, 0.25) is 10.0 Å². The Labute approximate surface area is 132 Å². The van der Waals surface area contributed by atoms with Gasteiger partial charge in [0.2, 0.25) is 5.91 Å². The number of carbonyl (C=O) groups excluding carboxylic acids is 1. The van der Waals surface area contributed by atoms with Crippen molar-refractivity contribution < 1.29 is 9.53 Å². The zero-order valence-electron chi connectivity index (χ0n) is 11.1. The van der Waals surface area contributed by atoms with Crippen LogP contribution < -0.4 is 10.1 Å². The van der Waals surface area contributed by atoms with E-state index in [0.717, 1.165) is 11.3 Å². The van der Waals surface area contributed by atoms with Crippen molar-refractivity contribution in [2.45, 2.75) is 12.3 Å². The van der Waals surface area contributed by atoms with Gasteiger partial charge in [0, 0.05) is 10.6 Å². The van der Waals surface area contributed by atoms with Gasteiger partial charge in [-0.2, -0.15) is 0 Å². The maximum atomic E-state index is 12.5. The number of halogens is 2. The molecule has 1 unspecified atom stereocenters. The van der Waals surface area contributed by atoms with Gasteiger partial charge in [0.05, 0.1) is 23.2 Å². The van der Waals surface area contributed by atoms with Gasteiger partial charge in [0.1, 0.15) is 5.75 Å². The molecule has 0 saturated carbocycles. The zero-order valence-corrected chi connectivity index (χ0v) is 12.6. The first-order chi connectivity index (χ1) is 10.1. The molecule has 1 aliphatic rings. The molecule has 1 atom stereocenters. The molecule has 3 nitrogen and oxygen atoms in total. The standard InChI is InChI=1S/C16H13Cl2NO2/c17-10-5-6-13(18)14(9-10)19-16(20)12-7-8-21-15-4-2-1-3-11(12)15/h1-6,9,12H,7-8H2,(H,19,20). The van der Waals surface area contributed by atoms with Crippen LogP contribution in [0.3, 0.4) is 0 Å². The first-order valence-electron chi connectivity index (χ1n) is 6.63. The fourth-order valence-electron chi connectivity index (χ4n) is 2.43. The molecule has 108 valence electrons. The highest BCUT2D eigenvalue weighted by molar-refractivity contribution is 6.35. The zero-order chi connectivity index (χ0) is 14.8. The van der Waals surface area contributed by atoms with E-state index in [9.17, 15) is 4.79 Å². The van der Waals surface area contributed by atoms with E-state index in [4.69, 9.17) is 27.9 Å². The molecule has 21 heavy (non-hydrogen) atoms. The highest BCUT2D eigenvalue weighted by atomic mass is 35.5. The second-order valence-corrected chi connectivity index (χ2v) is 5.68. The Hall–Kier alpha value is -1.71. The quantitative estimate of drug-likeness (QED) is 0.884. The van der Waals surface area contributed by atoms with E-state index >= 15 is 0 Å². The smallest absolute Gasteiger partial charge is 0.232 e. The summed E-state index contributed by atoms with van der Waals surface area (Å²) in [5, 5.41) is 3.85. The summed E-state index contributed by atoms with van der Waals surface area (Å²) >= 11 is 12.0. The van der Waals surface area contributed by atoms with Gasteiger partial charge in [0.25, 0.3) is 0 Å². The van der Waals surface area contributed by atoms with Gasteiger partial charge in [-0.25, -0.2) is 0 Å². The average Bonchev–Trinajstić information content (AvgIpc) is 2.50. The molecule has 0 aromatic heterocycles. The average molecular weight is 322 g/mol. The first-order valence-corrected chi connectivity index (χ1v) is 7.38. The Morgan fingerprint density at radius 3 is 2.86 bits per heavy atom. The minimum atomic E-state index is -0.245. The molecular weight excluding hydrogens is 309 g/mol. The van der Waals surface area contributed by atoms with Gasteiger partial charge in [-0.15, -0.1) is 0 Å². The van der Waals surface area contributed by atoms with Crippen LogP contribution in [-0.4, -0.2) is 12.5 Å². The molecule has 0 spiro atoms. The van der Waals surface area contributed by atoms with Crippen molar-refractivity contribution in [3.05, 3.63) is 58.1 Å². The molecule has 0 aliphatic carbocycles. The normalized spacial score (nSPS) is 16.8. The number of nitrogens with one attached hydrogen (secondary N) is 1. The SMILES string of the molecule is O=C(Nc1cc(Cl)ccc1Cl)C1CCOc2ccccc21. The van der Waals surface area contributed by atoms with Crippen LogP contribution in [0.4, 0.5) is 5.69 Å². The van der Waals surface area contributed by atoms with E-state index in [1.54, 1.807) is 18.2 Å². The molecule has 2 aromatic carbocycles. The first kappa shape index (κ1) is 14.2. The monoisotopic (exact) mass is 321 g/mol.